The van der Waals surface area contributed by atoms with E-state index >= 15 is 0 Å². The van der Waals surface area contributed by atoms with Gasteiger partial charge >= 0.3 is 0 Å². The molecule has 0 spiro atoms. The van der Waals surface area contributed by atoms with Gasteiger partial charge in [0.05, 0.1) is 6.54 Å². The highest BCUT2D eigenvalue weighted by molar-refractivity contribution is 5.18. The van der Waals surface area contributed by atoms with E-state index in [1.54, 1.807) is 12.7 Å². The summed E-state index contributed by atoms with van der Waals surface area (Å²) < 4.78 is 1.97. The second-order valence-corrected chi connectivity index (χ2v) is 5.63. The summed E-state index contributed by atoms with van der Waals surface area (Å²) in [6.45, 7) is 8.15. The monoisotopic (exact) mass is 286 g/mol. The van der Waals surface area contributed by atoms with Crippen LogP contribution in [0.4, 0.5) is 0 Å². The summed E-state index contributed by atoms with van der Waals surface area (Å²) >= 11 is 0. The molecule has 21 heavy (non-hydrogen) atoms. The summed E-state index contributed by atoms with van der Waals surface area (Å²) in [5, 5.41) is 4.24. The average molecular weight is 286 g/mol. The van der Waals surface area contributed by atoms with Crippen molar-refractivity contribution in [1.29, 1.82) is 0 Å². The number of likely N-dealkylation sites (tertiary alicyclic amines) is 1. The summed E-state index contributed by atoms with van der Waals surface area (Å²) in [5.41, 5.74) is 2.43. The molecule has 0 radical (unpaired) electrons. The molecule has 1 aliphatic rings. The van der Waals surface area contributed by atoms with Crippen LogP contribution in [-0.4, -0.2) is 42.7 Å². The fraction of sp³-hybridized carbons (Fsp3) is 0.600. The second kappa shape index (κ2) is 6.30. The lowest BCUT2D eigenvalue weighted by atomic mass is 9.91. The van der Waals surface area contributed by atoms with Gasteiger partial charge < -0.3 is 0 Å². The van der Waals surface area contributed by atoms with Crippen LogP contribution in [0, 0.1) is 6.92 Å². The van der Waals surface area contributed by atoms with Gasteiger partial charge in [-0.1, -0.05) is 0 Å². The van der Waals surface area contributed by atoms with E-state index in [1.165, 1.54) is 11.3 Å². The minimum absolute atomic E-state index is 0.563. The normalized spacial score (nSPS) is 17.2. The van der Waals surface area contributed by atoms with Crippen LogP contribution in [0.1, 0.15) is 42.8 Å². The van der Waals surface area contributed by atoms with Crippen molar-refractivity contribution >= 4 is 0 Å². The smallest absolute Gasteiger partial charge is 0.140 e. The Morgan fingerprint density at radius 1 is 1.19 bits per heavy atom. The number of hydrogen-bond acceptors (Lipinski definition) is 5. The molecule has 0 bridgehead atoms. The fourth-order valence-electron chi connectivity index (χ4n) is 3.08. The van der Waals surface area contributed by atoms with Gasteiger partial charge in [-0.2, -0.15) is 5.10 Å². The molecule has 0 N–H and O–H groups in total. The summed E-state index contributed by atoms with van der Waals surface area (Å²) in [4.78, 5) is 15.4. The molecule has 0 unspecified atom stereocenters. The first-order valence-corrected chi connectivity index (χ1v) is 7.63. The Hall–Kier alpha value is -1.82. The molecular formula is C15H22N6. The van der Waals surface area contributed by atoms with E-state index in [4.69, 9.17) is 0 Å². The zero-order valence-electron chi connectivity index (χ0n) is 12.7. The van der Waals surface area contributed by atoms with Crippen LogP contribution in [0.3, 0.4) is 0 Å². The maximum absolute atomic E-state index is 4.47. The van der Waals surface area contributed by atoms with Crippen molar-refractivity contribution in [2.75, 3.05) is 13.1 Å². The Bertz CT molecular complexity index is 585. The Morgan fingerprint density at radius 3 is 2.71 bits per heavy atom. The number of rotatable bonds is 4. The second-order valence-electron chi connectivity index (χ2n) is 5.63. The first kappa shape index (κ1) is 14.1. The number of aryl methyl sites for hydroxylation is 2. The maximum Gasteiger partial charge on any atom is 0.140 e. The lowest BCUT2D eigenvalue weighted by Gasteiger charge is -2.31. The van der Waals surface area contributed by atoms with Crippen molar-refractivity contribution < 1.29 is 0 Å². The topological polar surface area (TPSA) is 59.7 Å². The van der Waals surface area contributed by atoms with Crippen molar-refractivity contribution in [3.05, 3.63) is 35.9 Å². The quantitative estimate of drug-likeness (QED) is 0.857. The highest BCUT2D eigenvalue weighted by Gasteiger charge is 2.23. The molecule has 2 aromatic heterocycles. The molecule has 0 saturated carbocycles. The number of hydrogen-bond donors (Lipinski definition) is 0. The predicted molar refractivity (Wildman–Crippen MR) is 79.7 cm³/mol. The average Bonchev–Trinajstić information content (AvgIpc) is 2.96. The molecule has 3 heterocycles. The molecule has 6 nitrogen and oxygen atoms in total. The maximum atomic E-state index is 4.47. The predicted octanol–water partition coefficient (Wildman–Crippen LogP) is 1.78. The molecule has 2 aromatic rings. The van der Waals surface area contributed by atoms with Crippen LogP contribution >= 0.6 is 0 Å². The molecule has 3 rings (SSSR count). The van der Waals surface area contributed by atoms with Crippen LogP contribution in [0.25, 0.3) is 0 Å². The molecule has 6 heteroatoms. The summed E-state index contributed by atoms with van der Waals surface area (Å²) in [7, 11) is 0. The van der Waals surface area contributed by atoms with Crippen molar-refractivity contribution in [1.82, 2.24) is 29.6 Å². The third kappa shape index (κ3) is 3.10. The van der Waals surface area contributed by atoms with Gasteiger partial charge in [0.1, 0.15) is 18.5 Å². The van der Waals surface area contributed by atoms with E-state index < -0.39 is 0 Å². The van der Waals surface area contributed by atoms with Gasteiger partial charge in [-0.05, 0) is 45.3 Å². The van der Waals surface area contributed by atoms with Gasteiger partial charge in [0.25, 0.3) is 0 Å². The van der Waals surface area contributed by atoms with Crippen LogP contribution in [0.5, 0.6) is 0 Å². The SMILES string of the molecule is CCn1ncnc1CN1CCC(c2ncncc2C)CC1. The molecule has 0 atom stereocenters. The van der Waals surface area contributed by atoms with E-state index in [1.807, 2.05) is 10.9 Å². The Balaban J connectivity index is 1.59. The van der Waals surface area contributed by atoms with Crippen LogP contribution in [0.15, 0.2) is 18.9 Å². The zero-order valence-corrected chi connectivity index (χ0v) is 12.7. The van der Waals surface area contributed by atoms with E-state index in [0.29, 0.717) is 5.92 Å². The van der Waals surface area contributed by atoms with Crippen LogP contribution in [-0.2, 0) is 13.1 Å². The minimum Gasteiger partial charge on any atom is -0.296 e. The lowest BCUT2D eigenvalue weighted by molar-refractivity contribution is 0.195. The summed E-state index contributed by atoms with van der Waals surface area (Å²) in [6, 6.07) is 0. The van der Waals surface area contributed by atoms with Gasteiger partial charge in [0.15, 0.2) is 0 Å². The minimum atomic E-state index is 0.563. The molecule has 0 amide bonds. The number of nitrogens with zero attached hydrogens (tertiary/aromatic N) is 6. The van der Waals surface area contributed by atoms with Crippen molar-refractivity contribution in [3.8, 4) is 0 Å². The van der Waals surface area contributed by atoms with Gasteiger partial charge in [0.2, 0.25) is 0 Å². The summed E-state index contributed by atoms with van der Waals surface area (Å²) in [6.07, 6.45) is 7.53. The highest BCUT2D eigenvalue weighted by atomic mass is 15.3. The summed E-state index contributed by atoms with van der Waals surface area (Å²) in [5.74, 6) is 1.63. The Labute approximate surface area is 125 Å². The number of aromatic nitrogens is 5. The molecule has 1 fully saturated rings. The van der Waals surface area contributed by atoms with Crippen LogP contribution < -0.4 is 0 Å². The third-order valence-electron chi connectivity index (χ3n) is 4.27. The molecule has 1 aliphatic heterocycles. The van der Waals surface area contributed by atoms with Gasteiger partial charge in [-0.3, -0.25) is 4.90 Å². The van der Waals surface area contributed by atoms with Gasteiger partial charge in [0, 0.05) is 24.4 Å². The molecule has 0 aromatic carbocycles. The standard InChI is InChI=1S/C15H22N6/c1-3-21-14(17-11-19-21)9-20-6-4-13(5-7-20)15-12(2)8-16-10-18-15/h8,10-11,13H,3-7,9H2,1-2H3. The van der Waals surface area contributed by atoms with Crippen molar-refractivity contribution in [3.63, 3.8) is 0 Å². The lowest BCUT2D eigenvalue weighted by Crippen LogP contribution is -2.33. The highest BCUT2D eigenvalue weighted by Crippen LogP contribution is 2.28. The molecule has 112 valence electrons. The van der Waals surface area contributed by atoms with E-state index in [2.05, 4.69) is 38.8 Å². The molecule has 0 aliphatic carbocycles. The Kier molecular flexibility index (Phi) is 4.24. The third-order valence-corrected chi connectivity index (χ3v) is 4.27. The molecule has 1 saturated heterocycles. The van der Waals surface area contributed by atoms with Gasteiger partial charge in [-0.15, -0.1) is 0 Å². The zero-order chi connectivity index (χ0) is 14.7. The molecular weight excluding hydrogens is 264 g/mol. The van der Waals surface area contributed by atoms with E-state index in [-0.39, 0.29) is 0 Å². The van der Waals surface area contributed by atoms with E-state index in [0.717, 1.165) is 44.8 Å². The fourth-order valence-corrected chi connectivity index (χ4v) is 3.08. The largest absolute Gasteiger partial charge is 0.296 e. The van der Waals surface area contributed by atoms with Gasteiger partial charge in [-0.25, -0.2) is 19.6 Å². The number of piperidine rings is 1. The van der Waals surface area contributed by atoms with E-state index in [9.17, 15) is 0 Å². The van der Waals surface area contributed by atoms with Crippen molar-refractivity contribution in [2.24, 2.45) is 0 Å². The first-order chi connectivity index (χ1) is 10.3. The Morgan fingerprint density at radius 2 is 2.00 bits per heavy atom. The first-order valence-electron chi connectivity index (χ1n) is 7.63. The van der Waals surface area contributed by atoms with Crippen molar-refractivity contribution in [2.45, 2.75) is 45.7 Å². The van der Waals surface area contributed by atoms with Crippen LogP contribution in [0.2, 0.25) is 0 Å².